The third-order valence-electron chi connectivity index (χ3n) is 8.90. The van der Waals surface area contributed by atoms with E-state index in [4.69, 9.17) is 18.9 Å². The Balaban J connectivity index is 1.16. The first-order chi connectivity index (χ1) is 20.6. The van der Waals surface area contributed by atoms with Crippen molar-refractivity contribution in [2.24, 2.45) is 5.92 Å². The number of carbonyl (C=O) groups is 2. The minimum absolute atomic E-state index is 0.0618. The topological polar surface area (TPSA) is 94.5 Å². The molecule has 234 valence electrons. The van der Waals surface area contributed by atoms with Crippen LogP contribution >= 0.6 is 0 Å². The summed E-state index contributed by atoms with van der Waals surface area (Å²) >= 11 is 0. The summed E-state index contributed by atoms with van der Waals surface area (Å²) in [5.74, 6) is 2.56. The van der Waals surface area contributed by atoms with E-state index in [1.165, 1.54) is 5.56 Å². The van der Waals surface area contributed by atoms with Gasteiger partial charge >= 0.3 is 12.1 Å². The Morgan fingerprint density at radius 3 is 2.16 bits per heavy atom. The highest BCUT2D eigenvalue weighted by atomic mass is 16.6. The molecular weight excluding hydrogens is 546 g/mol. The van der Waals surface area contributed by atoms with Gasteiger partial charge in [0.2, 0.25) is 0 Å². The second-order valence-electron chi connectivity index (χ2n) is 13.4. The summed E-state index contributed by atoms with van der Waals surface area (Å²) < 4.78 is 24.1. The van der Waals surface area contributed by atoms with Gasteiger partial charge < -0.3 is 29.0 Å². The van der Waals surface area contributed by atoms with Crippen LogP contribution in [0.1, 0.15) is 102 Å². The van der Waals surface area contributed by atoms with E-state index in [0.29, 0.717) is 24.9 Å². The molecular formula is C35H47NO7. The van der Waals surface area contributed by atoms with Crippen LogP contribution in [0.15, 0.2) is 42.5 Å². The summed E-state index contributed by atoms with van der Waals surface area (Å²) in [5.41, 5.74) is 1.74. The monoisotopic (exact) mass is 593 g/mol. The maximum Gasteiger partial charge on any atom is 0.410 e. The van der Waals surface area contributed by atoms with Crippen molar-refractivity contribution >= 4 is 12.1 Å². The molecule has 2 aliphatic carbocycles. The highest BCUT2D eigenvalue weighted by molar-refractivity contribution is 5.68. The van der Waals surface area contributed by atoms with Gasteiger partial charge in [0.15, 0.2) is 0 Å². The quantitative estimate of drug-likeness (QED) is 0.304. The van der Waals surface area contributed by atoms with Gasteiger partial charge in [-0.25, -0.2) is 4.79 Å². The van der Waals surface area contributed by atoms with Gasteiger partial charge in [-0.05, 0) is 119 Å². The number of amides is 1. The lowest BCUT2D eigenvalue weighted by Crippen LogP contribution is -2.41. The van der Waals surface area contributed by atoms with Crippen LogP contribution in [0.5, 0.6) is 17.2 Å². The number of ether oxygens (including phenoxy) is 4. The van der Waals surface area contributed by atoms with Gasteiger partial charge in [0.1, 0.15) is 22.8 Å². The van der Waals surface area contributed by atoms with E-state index >= 15 is 0 Å². The van der Waals surface area contributed by atoms with E-state index in [9.17, 15) is 14.7 Å². The molecule has 8 heteroatoms. The van der Waals surface area contributed by atoms with E-state index < -0.39 is 11.6 Å². The molecule has 0 radical (unpaired) electrons. The number of benzene rings is 2. The van der Waals surface area contributed by atoms with Crippen LogP contribution < -0.4 is 14.2 Å². The number of hydrogen-bond donors (Lipinski definition) is 1. The average molecular weight is 594 g/mol. The second-order valence-corrected chi connectivity index (χ2v) is 13.4. The highest BCUT2D eigenvalue weighted by Gasteiger charge is 2.34. The van der Waals surface area contributed by atoms with Gasteiger partial charge in [0, 0.05) is 19.2 Å². The summed E-state index contributed by atoms with van der Waals surface area (Å²) in [6.07, 6.45) is 7.62. The summed E-state index contributed by atoms with van der Waals surface area (Å²) in [6.45, 7) is 7.00. The fourth-order valence-electron chi connectivity index (χ4n) is 6.48. The highest BCUT2D eigenvalue weighted by Crippen LogP contribution is 2.45. The zero-order chi connectivity index (χ0) is 30.6. The first-order valence-electron chi connectivity index (χ1n) is 15.9. The Morgan fingerprint density at radius 2 is 1.56 bits per heavy atom. The summed E-state index contributed by atoms with van der Waals surface area (Å²) in [4.78, 5) is 25.8. The molecule has 1 atom stereocenters. The number of piperidine rings is 1. The number of aliphatic carboxylic acids is 1. The molecule has 5 rings (SSSR count). The molecule has 1 aliphatic heterocycles. The molecule has 0 bridgehead atoms. The predicted molar refractivity (Wildman–Crippen MR) is 164 cm³/mol. The van der Waals surface area contributed by atoms with Gasteiger partial charge in [-0.15, -0.1) is 0 Å². The third-order valence-corrected chi connectivity index (χ3v) is 8.90. The number of carbonyl (C=O) groups excluding carboxylic acids is 1. The van der Waals surface area contributed by atoms with Gasteiger partial charge in [0.05, 0.1) is 25.7 Å². The average Bonchev–Trinajstić information content (AvgIpc) is 3.82. The minimum Gasteiger partial charge on any atom is -0.497 e. The molecule has 1 unspecified atom stereocenters. The molecule has 0 spiro atoms. The number of carboxylic acid groups (broad SMARTS) is 1. The number of likely N-dealkylation sites (tertiary alicyclic amines) is 1. The lowest BCUT2D eigenvalue weighted by Gasteiger charge is -2.35. The zero-order valence-electron chi connectivity index (χ0n) is 26.1. The maximum atomic E-state index is 12.6. The minimum atomic E-state index is -0.744. The van der Waals surface area contributed by atoms with E-state index in [-0.39, 0.29) is 30.6 Å². The maximum absolute atomic E-state index is 12.6. The summed E-state index contributed by atoms with van der Waals surface area (Å²) in [6, 6.07) is 14.2. The molecule has 3 aliphatic rings. The van der Waals surface area contributed by atoms with Gasteiger partial charge in [0.25, 0.3) is 0 Å². The summed E-state index contributed by atoms with van der Waals surface area (Å²) in [5, 5.41) is 9.40. The number of rotatable bonds is 10. The molecule has 2 saturated carbocycles. The second kappa shape index (κ2) is 13.5. The van der Waals surface area contributed by atoms with E-state index in [0.717, 1.165) is 74.2 Å². The lowest BCUT2D eigenvalue weighted by atomic mass is 9.88. The number of carboxylic acids is 1. The standard InChI is InChI=1S/C35H47NO7/c1-35(2,3)43-34(39)36-18-16-24(17-19-36)30-15-14-28(40-4)21-32(30)42-27-12-10-26(11-13-27)41-29-7-5-6-25(20-29)31(22-33(37)38)23-8-9-23/h5-7,14-15,20-21,23-24,26-27,31H,8-13,16-19,22H2,1-4H3,(H,37,38). The Labute approximate surface area is 255 Å². The number of methoxy groups -OCH3 is 1. The van der Waals surface area contributed by atoms with E-state index in [1.54, 1.807) is 12.0 Å². The Kier molecular flexibility index (Phi) is 9.72. The van der Waals surface area contributed by atoms with Crippen molar-refractivity contribution in [1.82, 2.24) is 4.90 Å². The Hall–Kier alpha value is -3.42. The van der Waals surface area contributed by atoms with Crippen molar-refractivity contribution in [1.29, 1.82) is 0 Å². The smallest absolute Gasteiger partial charge is 0.410 e. The van der Waals surface area contributed by atoms with Crippen molar-refractivity contribution in [2.75, 3.05) is 20.2 Å². The van der Waals surface area contributed by atoms with Crippen LogP contribution in [0.4, 0.5) is 4.79 Å². The molecule has 1 amide bonds. The fourth-order valence-corrected chi connectivity index (χ4v) is 6.48. The van der Waals surface area contributed by atoms with Crippen LogP contribution in [-0.2, 0) is 9.53 Å². The fraction of sp³-hybridized carbons (Fsp3) is 0.600. The molecule has 2 aromatic rings. The number of nitrogens with zero attached hydrogens (tertiary/aromatic N) is 1. The largest absolute Gasteiger partial charge is 0.497 e. The number of hydrogen-bond acceptors (Lipinski definition) is 6. The van der Waals surface area contributed by atoms with Crippen molar-refractivity contribution in [2.45, 2.75) is 108 Å². The molecule has 0 aromatic heterocycles. The lowest BCUT2D eigenvalue weighted by molar-refractivity contribution is -0.137. The summed E-state index contributed by atoms with van der Waals surface area (Å²) in [7, 11) is 1.67. The molecule has 1 N–H and O–H groups in total. The Morgan fingerprint density at radius 1 is 0.884 bits per heavy atom. The van der Waals surface area contributed by atoms with Crippen molar-refractivity contribution in [3.8, 4) is 17.2 Å². The van der Waals surface area contributed by atoms with E-state index in [1.807, 2.05) is 57.2 Å². The molecule has 1 heterocycles. The molecule has 3 fully saturated rings. The van der Waals surface area contributed by atoms with E-state index in [2.05, 4.69) is 6.07 Å². The van der Waals surface area contributed by atoms with Crippen molar-refractivity contribution in [3.63, 3.8) is 0 Å². The zero-order valence-corrected chi connectivity index (χ0v) is 26.1. The van der Waals surface area contributed by atoms with Gasteiger partial charge in [-0.3, -0.25) is 4.79 Å². The molecule has 8 nitrogen and oxygen atoms in total. The van der Waals surface area contributed by atoms with Crippen LogP contribution in [-0.4, -0.2) is 60.1 Å². The van der Waals surface area contributed by atoms with Gasteiger partial charge in [-0.1, -0.05) is 18.2 Å². The predicted octanol–water partition coefficient (Wildman–Crippen LogP) is 7.55. The Bertz CT molecular complexity index is 1250. The molecule has 1 saturated heterocycles. The first kappa shape index (κ1) is 31.0. The third kappa shape index (κ3) is 8.58. The van der Waals surface area contributed by atoms with Gasteiger partial charge in [-0.2, -0.15) is 0 Å². The molecule has 43 heavy (non-hydrogen) atoms. The first-order valence-corrected chi connectivity index (χ1v) is 15.9. The SMILES string of the molecule is COc1ccc(C2CCN(C(=O)OC(C)(C)C)CC2)c(OC2CCC(Oc3cccc(C(CC(=O)O)C4CC4)c3)CC2)c1. The van der Waals surface area contributed by atoms with Crippen molar-refractivity contribution < 1.29 is 33.6 Å². The van der Waals surface area contributed by atoms with Crippen LogP contribution in [0.25, 0.3) is 0 Å². The molecule has 2 aromatic carbocycles. The van der Waals surface area contributed by atoms with Crippen molar-refractivity contribution in [3.05, 3.63) is 53.6 Å². The van der Waals surface area contributed by atoms with Crippen LogP contribution in [0.3, 0.4) is 0 Å². The van der Waals surface area contributed by atoms with Crippen LogP contribution in [0.2, 0.25) is 0 Å². The normalized spacial score (nSPS) is 22.0. The van der Waals surface area contributed by atoms with Crippen LogP contribution in [0, 0.1) is 5.92 Å².